The molecule has 0 aliphatic heterocycles. The van der Waals surface area contributed by atoms with E-state index in [1.165, 1.54) is 19.3 Å². The molecule has 0 saturated carbocycles. The van der Waals surface area contributed by atoms with Gasteiger partial charge in [-0.15, -0.1) is 0 Å². The molecule has 0 saturated heterocycles. The standard InChI is InChI=1S/C6H14Cl2Si/c1-3-4-5-6(2)9(7)8/h6,9H,3-5H2,1-2H3. The molecule has 0 nitrogen and oxygen atoms in total. The summed E-state index contributed by atoms with van der Waals surface area (Å²) in [5.41, 5.74) is 0.591. The number of rotatable bonds is 4. The molecule has 0 rings (SSSR count). The highest BCUT2D eigenvalue weighted by atomic mass is 35.7. The molecule has 56 valence electrons. The minimum atomic E-state index is -1.35. The lowest BCUT2D eigenvalue weighted by molar-refractivity contribution is 0.698. The Hall–Kier alpha value is 0.797. The molecule has 1 unspecified atom stereocenters. The summed E-state index contributed by atoms with van der Waals surface area (Å²) >= 11 is 11.5. The molecule has 0 bridgehead atoms. The van der Waals surface area contributed by atoms with E-state index in [9.17, 15) is 0 Å². The molecule has 0 fully saturated rings. The smallest absolute Gasteiger partial charge is 0.150 e. The molecular weight excluding hydrogens is 171 g/mol. The summed E-state index contributed by atoms with van der Waals surface area (Å²) in [6.45, 7) is 4.33. The van der Waals surface area contributed by atoms with Gasteiger partial charge in [-0.05, 0) is 5.54 Å². The molecule has 0 spiro atoms. The van der Waals surface area contributed by atoms with Crippen molar-refractivity contribution in [2.45, 2.75) is 38.7 Å². The number of halogens is 2. The average molecular weight is 185 g/mol. The summed E-state index contributed by atoms with van der Waals surface area (Å²) in [4.78, 5) is 0. The molecule has 9 heavy (non-hydrogen) atoms. The van der Waals surface area contributed by atoms with E-state index in [1.54, 1.807) is 0 Å². The van der Waals surface area contributed by atoms with Crippen LogP contribution in [0.1, 0.15) is 33.1 Å². The lowest BCUT2D eigenvalue weighted by atomic mass is 10.2. The normalized spacial score (nSPS) is 14.3. The fourth-order valence-electron chi connectivity index (χ4n) is 0.652. The Morgan fingerprint density at radius 3 is 2.33 bits per heavy atom. The second-order valence-electron chi connectivity index (χ2n) is 2.45. The van der Waals surface area contributed by atoms with Gasteiger partial charge in [0.05, 0.1) is 0 Å². The lowest BCUT2D eigenvalue weighted by Crippen LogP contribution is -2.02. The highest BCUT2D eigenvalue weighted by Crippen LogP contribution is 2.22. The molecule has 0 aromatic heterocycles. The van der Waals surface area contributed by atoms with Gasteiger partial charge in [-0.1, -0.05) is 33.1 Å². The zero-order valence-corrected chi connectivity index (χ0v) is 8.70. The van der Waals surface area contributed by atoms with Crippen LogP contribution in [0.2, 0.25) is 5.54 Å². The number of hydrogen-bond acceptors (Lipinski definition) is 0. The first-order valence-corrected chi connectivity index (χ1v) is 7.62. The zero-order chi connectivity index (χ0) is 7.28. The average Bonchev–Trinajstić information content (AvgIpc) is 1.82. The van der Waals surface area contributed by atoms with Crippen molar-refractivity contribution < 1.29 is 0 Å². The maximum Gasteiger partial charge on any atom is 0.239 e. The maximum absolute atomic E-state index is 5.77. The summed E-state index contributed by atoms with van der Waals surface area (Å²) < 4.78 is 0. The first-order chi connectivity index (χ1) is 4.18. The van der Waals surface area contributed by atoms with Crippen molar-refractivity contribution in [2.75, 3.05) is 0 Å². The van der Waals surface area contributed by atoms with Gasteiger partial charge in [0, 0.05) is 0 Å². The second-order valence-corrected chi connectivity index (χ2v) is 7.75. The molecule has 0 radical (unpaired) electrons. The minimum Gasteiger partial charge on any atom is -0.150 e. The van der Waals surface area contributed by atoms with Crippen molar-refractivity contribution in [3.63, 3.8) is 0 Å². The largest absolute Gasteiger partial charge is 0.239 e. The lowest BCUT2D eigenvalue weighted by Gasteiger charge is -2.08. The van der Waals surface area contributed by atoms with Crippen molar-refractivity contribution >= 4 is 29.6 Å². The van der Waals surface area contributed by atoms with Gasteiger partial charge in [-0.25, -0.2) is 0 Å². The van der Waals surface area contributed by atoms with Crippen molar-refractivity contribution in [3.05, 3.63) is 0 Å². The van der Waals surface area contributed by atoms with E-state index in [1.807, 2.05) is 0 Å². The second kappa shape index (κ2) is 5.57. The topological polar surface area (TPSA) is 0 Å². The molecule has 0 amide bonds. The first-order valence-electron chi connectivity index (χ1n) is 3.46. The van der Waals surface area contributed by atoms with Crippen LogP contribution in [0.5, 0.6) is 0 Å². The fraction of sp³-hybridized carbons (Fsp3) is 1.00. The summed E-state index contributed by atoms with van der Waals surface area (Å²) in [7, 11) is -1.35. The van der Waals surface area contributed by atoms with Crippen LogP contribution in [-0.2, 0) is 0 Å². The molecule has 0 aliphatic rings. The molecule has 0 N–H and O–H groups in total. The van der Waals surface area contributed by atoms with E-state index < -0.39 is 7.42 Å². The van der Waals surface area contributed by atoms with Gasteiger partial charge in [0.15, 0.2) is 0 Å². The van der Waals surface area contributed by atoms with Gasteiger partial charge in [0.2, 0.25) is 7.42 Å². The van der Waals surface area contributed by atoms with Crippen molar-refractivity contribution in [2.24, 2.45) is 0 Å². The van der Waals surface area contributed by atoms with Gasteiger partial charge in [0.1, 0.15) is 0 Å². The highest BCUT2D eigenvalue weighted by Gasteiger charge is 2.11. The van der Waals surface area contributed by atoms with Crippen LogP contribution in [0.15, 0.2) is 0 Å². The third-order valence-electron chi connectivity index (χ3n) is 1.44. The van der Waals surface area contributed by atoms with Crippen LogP contribution >= 0.6 is 22.2 Å². The summed E-state index contributed by atoms with van der Waals surface area (Å²) in [5, 5.41) is 0. The SMILES string of the molecule is CCCCC(C)[SiH](Cl)Cl. The zero-order valence-electron chi connectivity index (χ0n) is 6.03. The Labute approximate surface area is 68.6 Å². The van der Waals surface area contributed by atoms with E-state index in [0.29, 0.717) is 5.54 Å². The Morgan fingerprint density at radius 1 is 1.44 bits per heavy atom. The summed E-state index contributed by atoms with van der Waals surface area (Å²) in [6.07, 6.45) is 3.73. The van der Waals surface area contributed by atoms with Gasteiger partial charge >= 0.3 is 0 Å². The molecule has 1 atom stereocenters. The van der Waals surface area contributed by atoms with E-state index in [4.69, 9.17) is 22.2 Å². The predicted molar refractivity (Wildman–Crippen MR) is 47.8 cm³/mol. The third-order valence-corrected chi connectivity index (χ3v) is 5.22. The van der Waals surface area contributed by atoms with E-state index >= 15 is 0 Å². The maximum atomic E-state index is 5.77. The quantitative estimate of drug-likeness (QED) is 0.465. The minimum absolute atomic E-state index is 0.591. The van der Waals surface area contributed by atoms with Gasteiger partial charge < -0.3 is 0 Å². The van der Waals surface area contributed by atoms with Crippen LogP contribution in [-0.4, -0.2) is 7.42 Å². The highest BCUT2D eigenvalue weighted by molar-refractivity contribution is 7.34. The molecule has 0 aromatic carbocycles. The Morgan fingerprint density at radius 2 is 2.00 bits per heavy atom. The van der Waals surface area contributed by atoms with Crippen molar-refractivity contribution in [3.8, 4) is 0 Å². The monoisotopic (exact) mass is 184 g/mol. The number of hydrogen-bond donors (Lipinski definition) is 0. The number of unbranched alkanes of at least 4 members (excludes halogenated alkanes) is 1. The summed E-state index contributed by atoms with van der Waals surface area (Å²) in [6, 6.07) is 0. The van der Waals surface area contributed by atoms with Crippen LogP contribution < -0.4 is 0 Å². The molecule has 0 aromatic rings. The predicted octanol–water partition coefficient (Wildman–Crippen LogP) is 3.26. The molecule has 0 heterocycles. The van der Waals surface area contributed by atoms with Crippen molar-refractivity contribution in [1.82, 2.24) is 0 Å². The fourth-order valence-corrected chi connectivity index (χ4v) is 1.90. The Kier molecular flexibility index (Phi) is 6.07. The van der Waals surface area contributed by atoms with E-state index in [0.717, 1.165) is 0 Å². The van der Waals surface area contributed by atoms with E-state index in [2.05, 4.69) is 13.8 Å². The van der Waals surface area contributed by atoms with Crippen LogP contribution in [0.25, 0.3) is 0 Å². The van der Waals surface area contributed by atoms with E-state index in [-0.39, 0.29) is 0 Å². The molecular formula is C6H14Cl2Si. The molecule has 3 heteroatoms. The Bertz CT molecular complexity index is 66.1. The Balaban J connectivity index is 3.16. The van der Waals surface area contributed by atoms with Crippen LogP contribution in [0.3, 0.4) is 0 Å². The van der Waals surface area contributed by atoms with Gasteiger partial charge in [0.25, 0.3) is 0 Å². The van der Waals surface area contributed by atoms with Crippen LogP contribution in [0, 0.1) is 0 Å². The first kappa shape index (κ1) is 9.80. The third kappa shape index (κ3) is 5.25. The molecule has 0 aliphatic carbocycles. The summed E-state index contributed by atoms with van der Waals surface area (Å²) in [5.74, 6) is 0. The van der Waals surface area contributed by atoms with Gasteiger partial charge in [-0.3, -0.25) is 0 Å². The van der Waals surface area contributed by atoms with Gasteiger partial charge in [-0.2, -0.15) is 22.2 Å². The van der Waals surface area contributed by atoms with Crippen molar-refractivity contribution in [1.29, 1.82) is 0 Å². The van der Waals surface area contributed by atoms with Crippen LogP contribution in [0.4, 0.5) is 0 Å².